The summed E-state index contributed by atoms with van der Waals surface area (Å²) in [6.07, 6.45) is 57.9. The first kappa shape index (κ1) is 60.0. The van der Waals surface area contributed by atoms with E-state index in [9.17, 15) is 14.3 Å². The quantitative estimate of drug-likeness (QED) is 0.0268. The molecule has 0 saturated heterocycles. The Morgan fingerprint density at radius 3 is 1.20 bits per heavy atom. The summed E-state index contributed by atoms with van der Waals surface area (Å²) in [7, 11) is -4.28. The van der Waals surface area contributed by atoms with Gasteiger partial charge in [0.1, 0.15) is 6.10 Å². The summed E-state index contributed by atoms with van der Waals surface area (Å²) in [5.74, 6) is -0.334. The van der Waals surface area contributed by atoms with Crippen molar-refractivity contribution in [2.75, 3.05) is 33.0 Å². The predicted molar refractivity (Wildman–Crippen MR) is 261 cm³/mol. The molecule has 0 aromatic carbocycles. The Morgan fingerprint density at radius 1 is 0.475 bits per heavy atom. The van der Waals surface area contributed by atoms with Crippen LogP contribution in [0.1, 0.15) is 264 Å². The molecule has 0 radical (unpaired) electrons. The Balaban J connectivity index is 3.86. The topological polar surface area (TPSA) is 117 Å². The SMILES string of the molecule is CCCCCCCCC/C=C\CCCCCCCC(=O)OC(COCCCCCCCCCCCCCCCC/C=C\CCCCCCCCCC)COP(=O)(O)OCCN. The molecule has 2 unspecified atom stereocenters. The van der Waals surface area contributed by atoms with Crippen molar-refractivity contribution in [3.8, 4) is 0 Å². The Hall–Kier alpha value is -1.02. The smallest absolute Gasteiger partial charge is 0.457 e. The molecule has 0 aliphatic carbocycles. The number of allylic oxidation sites excluding steroid dienone is 4. The summed E-state index contributed by atoms with van der Waals surface area (Å²) < 4.78 is 33.6. The molecule has 362 valence electrons. The number of nitrogens with two attached hydrogens (primary N) is 1. The van der Waals surface area contributed by atoms with E-state index in [2.05, 4.69) is 38.2 Å². The summed E-state index contributed by atoms with van der Waals surface area (Å²) in [5.41, 5.74) is 5.39. The molecule has 0 saturated carbocycles. The van der Waals surface area contributed by atoms with Gasteiger partial charge in [0.2, 0.25) is 0 Å². The van der Waals surface area contributed by atoms with Crippen LogP contribution in [-0.2, 0) is 27.9 Å². The molecule has 0 fully saturated rings. The molecule has 0 rings (SSSR count). The highest BCUT2D eigenvalue weighted by Gasteiger charge is 2.25. The van der Waals surface area contributed by atoms with Gasteiger partial charge in [-0.3, -0.25) is 13.8 Å². The normalized spacial score (nSPS) is 13.4. The number of rotatable bonds is 51. The number of phosphoric ester groups is 1. The van der Waals surface area contributed by atoms with Crippen LogP contribution in [0, 0.1) is 0 Å². The first-order chi connectivity index (χ1) is 29.9. The third-order valence-corrected chi connectivity index (χ3v) is 12.6. The summed E-state index contributed by atoms with van der Waals surface area (Å²) in [6.45, 7) is 4.96. The van der Waals surface area contributed by atoms with E-state index in [1.54, 1.807) is 0 Å². The van der Waals surface area contributed by atoms with Crippen molar-refractivity contribution >= 4 is 13.8 Å². The van der Waals surface area contributed by atoms with Crippen molar-refractivity contribution in [1.82, 2.24) is 0 Å². The Kier molecular flexibility index (Phi) is 49.2. The molecule has 0 aliphatic heterocycles. The van der Waals surface area contributed by atoms with Crippen LogP contribution in [0.2, 0.25) is 0 Å². The largest absolute Gasteiger partial charge is 0.472 e. The predicted octanol–water partition coefficient (Wildman–Crippen LogP) is 16.4. The van der Waals surface area contributed by atoms with Crippen LogP contribution in [0.4, 0.5) is 0 Å². The molecule has 9 heteroatoms. The fourth-order valence-electron chi connectivity index (χ4n) is 7.69. The molecule has 0 aromatic rings. The van der Waals surface area contributed by atoms with Crippen LogP contribution < -0.4 is 5.73 Å². The molecular formula is C52H102NO7P. The average molecular weight is 884 g/mol. The molecule has 0 heterocycles. The van der Waals surface area contributed by atoms with Crippen molar-refractivity contribution in [3.63, 3.8) is 0 Å². The van der Waals surface area contributed by atoms with Gasteiger partial charge < -0.3 is 20.1 Å². The second kappa shape index (κ2) is 50.0. The number of hydrogen-bond donors (Lipinski definition) is 2. The number of unbranched alkanes of at least 4 members (excludes halogenated alkanes) is 34. The lowest BCUT2D eigenvalue weighted by Gasteiger charge is -2.20. The number of hydrogen-bond acceptors (Lipinski definition) is 7. The van der Waals surface area contributed by atoms with E-state index in [1.807, 2.05) is 0 Å². The van der Waals surface area contributed by atoms with E-state index in [1.165, 1.54) is 199 Å². The van der Waals surface area contributed by atoms with Gasteiger partial charge >= 0.3 is 13.8 Å². The van der Waals surface area contributed by atoms with Crippen LogP contribution in [0.3, 0.4) is 0 Å². The van der Waals surface area contributed by atoms with Crippen molar-refractivity contribution in [1.29, 1.82) is 0 Å². The lowest BCUT2D eigenvalue weighted by Crippen LogP contribution is -2.28. The molecule has 0 aliphatic rings. The maximum absolute atomic E-state index is 12.6. The van der Waals surface area contributed by atoms with Gasteiger partial charge in [0.05, 0.1) is 19.8 Å². The highest BCUT2D eigenvalue weighted by molar-refractivity contribution is 7.47. The summed E-state index contributed by atoms with van der Waals surface area (Å²) in [4.78, 5) is 22.6. The van der Waals surface area contributed by atoms with Crippen LogP contribution in [0.5, 0.6) is 0 Å². The van der Waals surface area contributed by atoms with E-state index in [0.717, 1.165) is 44.9 Å². The third-order valence-electron chi connectivity index (χ3n) is 11.6. The third kappa shape index (κ3) is 49.8. The maximum Gasteiger partial charge on any atom is 0.472 e. The second-order valence-electron chi connectivity index (χ2n) is 17.7. The Labute approximate surface area is 378 Å². The first-order valence-electron chi connectivity index (χ1n) is 26.3. The zero-order valence-corrected chi connectivity index (χ0v) is 41.3. The maximum atomic E-state index is 12.6. The standard InChI is InChI=1S/C52H102NO7P/c1-3-5-7-9-11-13-15-17-19-21-22-23-24-25-26-27-28-29-30-32-34-36-38-40-42-44-47-57-49-51(50-59-61(55,56)58-48-46-53)60-52(54)45-43-41-39-37-35-33-31-20-18-16-14-12-10-8-6-4-2/h20-22,31,51H,3-19,23-30,32-50,53H2,1-2H3,(H,55,56)/b22-21-,31-20-. The van der Waals surface area contributed by atoms with Gasteiger partial charge in [-0.1, -0.05) is 218 Å². The van der Waals surface area contributed by atoms with E-state index in [4.69, 9.17) is 24.3 Å². The average Bonchev–Trinajstić information content (AvgIpc) is 3.25. The van der Waals surface area contributed by atoms with Crippen molar-refractivity contribution in [3.05, 3.63) is 24.3 Å². The van der Waals surface area contributed by atoms with Crippen LogP contribution >= 0.6 is 7.82 Å². The number of esters is 1. The van der Waals surface area contributed by atoms with E-state index < -0.39 is 13.9 Å². The highest BCUT2D eigenvalue weighted by atomic mass is 31.2. The zero-order chi connectivity index (χ0) is 44.4. The highest BCUT2D eigenvalue weighted by Crippen LogP contribution is 2.43. The number of carbonyl (C=O) groups excluding carboxylic acids is 1. The minimum atomic E-state index is -4.28. The molecule has 0 amide bonds. The lowest BCUT2D eigenvalue weighted by atomic mass is 10.0. The minimum Gasteiger partial charge on any atom is -0.457 e. The van der Waals surface area contributed by atoms with Gasteiger partial charge in [-0.15, -0.1) is 0 Å². The lowest BCUT2D eigenvalue weighted by molar-refractivity contribution is -0.154. The van der Waals surface area contributed by atoms with E-state index >= 15 is 0 Å². The number of ether oxygens (including phenoxy) is 2. The molecule has 3 N–H and O–H groups in total. The van der Waals surface area contributed by atoms with Crippen LogP contribution in [0.25, 0.3) is 0 Å². The van der Waals surface area contributed by atoms with Crippen molar-refractivity contribution in [2.45, 2.75) is 270 Å². The van der Waals surface area contributed by atoms with Gasteiger partial charge in [0.15, 0.2) is 0 Å². The molecular weight excluding hydrogens is 782 g/mol. The van der Waals surface area contributed by atoms with Gasteiger partial charge in [-0.2, -0.15) is 0 Å². The molecule has 2 atom stereocenters. The van der Waals surface area contributed by atoms with Crippen molar-refractivity contribution < 1.29 is 32.8 Å². The summed E-state index contributed by atoms with van der Waals surface area (Å²) >= 11 is 0. The molecule has 61 heavy (non-hydrogen) atoms. The summed E-state index contributed by atoms with van der Waals surface area (Å²) in [6, 6.07) is 0. The van der Waals surface area contributed by atoms with Crippen LogP contribution in [-0.4, -0.2) is 49.9 Å². The number of carbonyl (C=O) groups is 1. The van der Waals surface area contributed by atoms with Crippen LogP contribution in [0.15, 0.2) is 24.3 Å². The monoisotopic (exact) mass is 884 g/mol. The molecule has 0 spiro atoms. The zero-order valence-electron chi connectivity index (χ0n) is 40.4. The van der Waals surface area contributed by atoms with Gasteiger partial charge in [-0.05, 0) is 64.2 Å². The molecule has 0 aromatic heterocycles. The first-order valence-corrected chi connectivity index (χ1v) is 27.8. The fourth-order valence-corrected chi connectivity index (χ4v) is 8.46. The summed E-state index contributed by atoms with van der Waals surface area (Å²) in [5, 5.41) is 0. The van der Waals surface area contributed by atoms with Gasteiger partial charge in [-0.25, -0.2) is 4.57 Å². The fraction of sp³-hybridized carbons (Fsp3) is 0.904. The Morgan fingerprint density at radius 2 is 0.820 bits per heavy atom. The molecule has 8 nitrogen and oxygen atoms in total. The minimum absolute atomic E-state index is 0.0949. The van der Waals surface area contributed by atoms with E-state index in [0.29, 0.717) is 13.0 Å². The van der Waals surface area contributed by atoms with Crippen molar-refractivity contribution in [2.24, 2.45) is 5.73 Å². The number of phosphoric acid groups is 1. The Bertz CT molecular complexity index is 993. The van der Waals surface area contributed by atoms with E-state index in [-0.39, 0.29) is 32.3 Å². The van der Waals surface area contributed by atoms with Gasteiger partial charge in [0.25, 0.3) is 0 Å². The second-order valence-corrected chi connectivity index (χ2v) is 19.2. The van der Waals surface area contributed by atoms with Gasteiger partial charge in [0, 0.05) is 19.6 Å². The molecule has 0 bridgehead atoms.